The molecule has 3 heterocycles. The topological polar surface area (TPSA) is 78.5 Å². The summed E-state index contributed by atoms with van der Waals surface area (Å²) in [6.07, 6.45) is 1.44. The molecule has 1 atom stereocenters. The first-order valence-electron chi connectivity index (χ1n) is 9.86. The van der Waals surface area contributed by atoms with Gasteiger partial charge in [-0.25, -0.2) is 13.6 Å². The van der Waals surface area contributed by atoms with Crippen LogP contribution in [0.3, 0.4) is 0 Å². The zero-order chi connectivity index (χ0) is 22.6. The van der Waals surface area contributed by atoms with Gasteiger partial charge < -0.3 is 19.1 Å². The Balaban J connectivity index is 0.000000858. The van der Waals surface area contributed by atoms with Crippen LogP contribution in [0.4, 0.5) is 19.3 Å². The molecule has 0 spiro atoms. The van der Waals surface area contributed by atoms with Crippen LogP contribution in [-0.2, 0) is 9.53 Å². The molecule has 3 saturated heterocycles. The van der Waals surface area contributed by atoms with E-state index in [9.17, 15) is 13.6 Å². The molecule has 2 bridgehead atoms. The largest absolute Gasteiger partial charge is 0.554 e. The summed E-state index contributed by atoms with van der Waals surface area (Å²) in [5.41, 5.74) is 1.30. The number of benzene rings is 2. The number of quaternary nitrogens is 1. The molecule has 3 aliphatic rings. The fourth-order valence-electron chi connectivity index (χ4n) is 4.29. The molecular weight excluding hydrogens is 430 g/mol. The highest BCUT2D eigenvalue weighted by atomic mass is 35.5. The van der Waals surface area contributed by atoms with E-state index in [1.807, 2.05) is 0 Å². The first-order valence-corrected chi connectivity index (χ1v) is 10.2. The van der Waals surface area contributed by atoms with Crippen LogP contribution in [0.15, 0.2) is 36.4 Å². The minimum absolute atomic E-state index is 0.0699. The third-order valence-electron chi connectivity index (χ3n) is 5.93. The van der Waals surface area contributed by atoms with E-state index in [1.165, 1.54) is 36.4 Å². The Morgan fingerprint density at radius 2 is 1.90 bits per heavy atom. The normalized spacial score (nSPS) is 24.0. The molecule has 31 heavy (non-hydrogen) atoms. The number of carbonyl (C=O) groups excluding carboxylic acids is 2. The quantitative estimate of drug-likeness (QED) is 0.571. The average molecular weight is 453 g/mol. The number of nitrogens with one attached hydrogen (secondary N) is 1. The number of halogens is 3. The van der Waals surface area contributed by atoms with Crippen molar-refractivity contribution in [2.45, 2.75) is 18.9 Å². The van der Waals surface area contributed by atoms with E-state index in [-0.39, 0.29) is 11.1 Å². The number of rotatable bonds is 3. The van der Waals surface area contributed by atoms with Gasteiger partial charge >= 0.3 is 6.09 Å². The summed E-state index contributed by atoms with van der Waals surface area (Å²) in [4.78, 5) is 20.8. The number of hydrogen-bond donors (Lipinski definition) is 1. The zero-order valence-electron chi connectivity index (χ0n) is 16.9. The highest BCUT2D eigenvalue weighted by Gasteiger charge is 2.45. The lowest BCUT2D eigenvalue weighted by molar-refractivity contribution is -0.928. The number of fused-ring (bicyclic) bond motifs is 3. The Labute approximate surface area is 184 Å². The number of carboxylic acid groups (broad SMARTS) is 1. The Hall–Kier alpha value is -2.71. The number of likely N-dealkylation sites (N-methyl/N-ethyl adjacent to an activating group) is 1. The molecule has 0 saturated carbocycles. The maximum Gasteiger partial charge on any atom is 0.412 e. The van der Waals surface area contributed by atoms with Crippen molar-refractivity contribution >= 4 is 29.9 Å². The van der Waals surface area contributed by atoms with Gasteiger partial charge in [-0.1, -0.05) is 17.7 Å². The standard InChI is InChI=1S/C21H21ClF2N2O2.CH2O2/c1-26-8-6-13(7-9-26)20(12-26)28-21(27)25-19-5-3-15(23)11-16(19)14-2-4-18(24)17(22)10-14;2-1-3/h2-5,10-11,13,20H,6-9,12H2,1H3;1H,(H,2,3)/t13?,20-,26?;/m0./s1. The minimum Gasteiger partial charge on any atom is -0.554 e. The van der Waals surface area contributed by atoms with Gasteiger partial charge in [0.15, 0.2) is 6.10 Å². The SMILES string of the molecule is C[N+]12CCC(CC1)[C@@H](OC(=O)Nc1ccc(F)cc1-c1ccc(F)c(Cl)c1)C2.O=C[O-]. The number of amides is 1. The highest BCUT2D eigenvalue weighted by Crippen LogP contribution is 2.35. The van der Waals surface area contributed by atoms with E-state index in [0.717, 1.165) is 37.0 Å². The second kappa shape index (κ2) is 9.62. The molecule has 1 amide bonds. The van der Waals surface area contributed by atoms with Crippen molar-refractivity contribution in [2.24, 2.45) is 5.92 Å². The fourth-order valence-corrected chi connectivity index (χ4v) is 4.47. The molecule has 9 heteroatoms. The fraction of sp³-hybridized carbons (Fsp3) is 0.364. The molecule has 6 nitrogen and oxygen atoms in total. The van der Waals surface area contributed by atoms with Crippen LogP contribution in [0.2, 0.25) is 5.02 Å². The summed E-state index contributed by atoms with van der Waals surface area (Å²) in [5.74, 6) is -0.631. The van der Waals surface area contributed by atoms with Crippen LogP contribution in [-0.4, -0.2) is 49.8 Å². The third-order valence-corrected chi connectivity index (χ3v) is 6.22. The molecule has 0 radical (unpaired) electrons. The molecule has 3 fully saturated rings. The lowest BCUT2D eigenvalue weighted by atomic mass is 9.84. The molecule has 2 aromatic carbocycles. The lowest BCUT2D eigenvalue weighted by Crippen LogP contribution is -2.62. The molecule has 0 aliphatic carbocycles. The van der Waals surface area contributed by atoms with E-state index in [1.54, 1.807) is 0 Å². The van der Waals surface area contributed by atoms with Crippen molar-refractivity contribution in [1.82, 2.24) is 0 Å². The number of hydrogen-bond acceptors (Lipinski definition) is 4. The van der Waals surface area contributed by atoms with E-state index >= 15 is 0 Å². The van der Waals surface area contributed by atoms with Gasteiger partial charge in [0.25, 0.3) is 0 Å². The first-order chi connectivity index (χ1) is 14.7. The maximum absolute atomic E-state index is 13.8. The second-order valence-corrected chi connectivity index (χ2v) is 8.48. The number of anilines is 1. The Kier molecular flexibility index (Phi) is 7.12. The molecule has 166 valence electrons. The smallest absolute Gasteiger partial charge is 0.412 e. The summed E-state index contributed by atoms with van der Waals surface area (Å²) in [6.45, 7) is 2.57. The molecule has 0 unspecified atom stereocenters. The van der Waals surface area contributed by atoms with Crippen molar-refractivity contribution in [3.63, 3.8) is 0 Å². The number of carbonyl (C=O) groups is 2. The summed E-state index contributed by atoms with van der Waals surface area (Å²) < 4.78 is 33.9. The second-order valence-electron chi connectivity index (χ2n) is 8.07. The monoisotopic (exact) mass is 452 g/mol. The Morgan fingerprint density at radius 1 is 1.23 bits per heavy atom. The van der Waals surface area contributed by atoms with Gasteiger partial charge in [-0.2, -0.15) is 0 Å². The van der Waals surface area contributed by atoms with E-state index in [0.29, 0.717) is 22.7 Å². The molecule has 2 aromatic rings. The van der Waals surface area contributed by atoms with Crippen molar-refractivity contribution in [2.75, 3.05) is 32.0 Å². The van der Waals surface area contributed by atoms with E-state index in [2.05, 4.69) is 12.4 Å². The van der Waals surface area contributed by atoms with Gasteiger partial charge in [0, 0.05) is 30.8 Å². The van der Waals surface area contributed by atoms with Gasteiger partial charge in [0.05, 0.1) is 30.8 Å². The van der Waals surface area contributed by atoms with E-state index in [4.69, 9.17) is 26.2 Å². The van der Waals surface area contributed by atoms with Gasteiger partial charge in [-0.3, -0.25) is 5.32 Å². The van der Waals surface area contributed by atoms with Crippen molar-refractivity contribution in [3.8, 4) is 11.1 Å². The number of ether oxygens (including phenoxy) is 1. The van der Waals surface area contributed by atoms with Gasteiger partial charge in [-0.05, 0) is 35.9 Å². The van der Waals surface area contributed by atoms with Crippen LogP contribution in [0.5, 0.6) is 0 Å². The lowest BCUT2D eigenvalue weighted by Gasteiger charge is -2.49. The molecule has 0 aromatic heterocycles. The molecule has 1 N–H and O–H groups in total. The first kappa shape index (κ1) is 23.0. The Bertz CT molecular complexity index is 965. The van der Waals surface area contributed by atoms with Gasteiger partial charge in [0.1, 0.15) is 18.2 Å². The summed E-state index contributed by atoms with van der Waals surface area (Å²) in [6, 6.07) is 8.10. The predicted molar refractivity (Wildman–Crippen MR) is 110 cm³/mol. The van der Waals surface area contributed by atoms with Crippen LogP contribution < -0.4 is 10.4 Å². The molecule has 3 aliphatic heterocycles. The number of piperidine rings is 3. The van der Waals surface area contributed by atoms with Crippen LogP contribution in [0.1, 0.15) is 12.8 Å². The van der Waals surface area contributed by atoms with Gasteiger partial charge in [-0.15, -0.1) is 0 Å². The van der Waals surface area contributed by atoms with Crippen molar-refractivity contribution in [1.29, 1.82) is 0 Å². The molecule has 5 rings (SSSR count). The van der Waals surface area contributed by atoms with Crippen molar-refractivity contribution < 1.29 is 32.7 Å². The third kappa shape index (κ3) is 5.51. The zero-order valence-corrected chi connectivity index (χ0v) is 17.7. The molecular formula is C22H23ClF2N2O4. The summed E-state index contributed by atoms with van der Waals surface area (Å²) in [5, 5.41) is 10.9. The predicted octanol–water partition coefficient (Wildman–Crippen LogP) is 3.44. The maximum atomic E-state index is 13.8. The van der Waals surface area contributed by atoms with E-state index < -0.39 is 24.2 Å². The van der Waals surface area contributed by atoms with Crippen LogP contribution >= 0.6 is 11.6 Å². The van der Waals surface area contributed by atoms with Crippen molar-refractivity contribution in [3.05, 3.63) is 53.1 Å². The minimum atomic E-state index is -0.564. The van der Waals surface area contributed by atoms with Crippen LogP contribution in [0, 0.1) is 17.6 Å². The highest BCUT2D eigenvalue weighted by molar-refractivity contribution is 6.31. The van der Waals surface area contributed by atoms with Crippen LogP contribution in [0.25, 0.3) is 11.1 Å². The summed E-state index contributed by atoms with van der Waals surface area (Å²) in [7, 11) is 2.19. The van der Waals surface area contributed by atoms with Gasteiger partial charge in [0.2, 0.25) is 0 Å². The Morgan fingerprint density at radius 3 is 2.52 bits per heavy atom. The summed E-state index contributed by atoms with van der Waals surface area (Å²) >= 11 is 5.86. The number of nitrogens with zero attached hydrogens (tertiary/aromatic N) is 1. The average Bonchev–Trinajstić information content (AvgIpc) is 2.72.